The summed E-state index contributed by atoms with van der Waals surface area (Å²) in [6.45, 7) is 0. The smallest absolute Gasteiger partial charge is 0.320 e. The van der Waals surface area contributed by atoms with Crippen LogP contribution in [0.3, 0.4) is 0 Å². The van der Waals surface area contributed by atoms with Gasteiger partial charge in [0.25, 0.3) is 0 Å². The van der Waals surface area contributed by atoms with Crippen molar-refractivity contribution in [2.45, 2.75) is 12.2 Å². The summed E-state index contributed by atoms with van der Waals surface area (Å²) in [5, 5.41) is 0. The average Bonchev–Trinajstić information content (AvgIpc) is 2.38. The predicted octanol–water partition coefficient (Wildman–Crippen LogP) is 3.89. The predicted molar refractivity (Wildman–Crippen MR) is 63.9 cm³/mol. The van der Waals surface area contributed by atoms with Gasteiger partial charge < -0.3 is 5.73 Å². The van der Waals surface area contributed by atoms with E-state index in [0.29, 0.717) is 11.6 Å². The van der Waals surface area contributed by atoms with E-state index >= 15 is 0 Å². The Kier molecular flexibility index (Phi) is 3.57. The Labute approximate surface area is 107 Å². The molecule has 0 amide bonds. The third kappa shape index (κ3) is 2.93. The van der Waals surface area contributed by atoms with Crippen LogP contribution in [0.1, 0.15) is 22.7 Å². The van der Waals surface area contributed by atoms with E-state index in [1.54, 1.807) is 30.3 Å². The van der Waals surface area contributed by atoms with E-state index in [2.05, 4.69) is 0 Å². The molecular weight excluding hydrogens is 258 g/mol. The van der Waals surface area contributed by atoms with Crippen molar-refractivity contribution in [2.24, 2.45) is 5.73 Å². The lowest BCUT2D eigenvalue weighted by molar-refractivity contribution is -0.137. The zero-order valence-corrected chi connectivity index (χ0v) is 9.79. The highest BCUT2D eigenvalue weighted by molar-refractivity contribution is 5.34. The summed E-state index contributed by atoms with van der Waals surface area (Å²) < 4.78 is 51.0. The minimum absolute atomic E-state index is 0.0409. The summed E-state index contributed by atoms with van der Waals surface area (Å²) in [4.78, 5) is 0. The third-order valence-corrected chi connectivity index (χ3v) is 2.82. The molecule has 0 spiro atoms. The first kappa shape index (κ1) is 13.5. The largest absolute Gasteiger partial charge is 0.416 e. The number of halogens is 4. The zero-order valence-electron chi connectivity index (χ0n) is 9.79. The van der Waals surface area contributed by atoms with Crippen molar-refractivity contribution in [3.8, 4) is 0 Å². The maximum absolute atomic E-state index is 13.7. The molecule has 2 rings (SSSR count). The second-order valence-electron chi connectivity index (χ2n) is 4.12. The minimum atomic E-state index is -4.56. The van der Waals surface area contributed by atoms with Crippen molar-refractivity contribution >= 4 is 0 Å². The first-order chi connectivity index (χ1) is 8.89. The number of rotatable bonds is 2. The van der Waals surface area contributed by atoms with Crippen molar-refractivity contribution in [3.63, 3.8) is 0 Å². The van der Waals surface area contributed by atoms with Gasteiger partial charge in [-0.25, -0.2) is 4.39 Å². The Balaban J connectivity index is 2.37. The van der Waals surface area contributed by atoms with Gasteiger partial charge in [0.1, 0.15) is 5.82 Å². The quantitative estimate of drug-likeness (QED) is 0.822. The molecule has 19 heavy (non-hydrogen) atoms. The van der Waals surface area contributed by atoms with Crippen LogP contribution in [0.4, 0.5) is 17.6 Å². The summed E-state index contributed by atoms with van der Waals surface area (Å²) >= 11 is 0. The third-order valence-electron chi connectivity index (χ3n) is 2.82. The van der Waals surface area contributed by atoms with Crippen molar-refractivity contribution in [1.29, 1.82) is 0 Å². The van der Waals surface area contributed by atoms with Gasteiger partial charge in [-0.05, 0) is 17.7 Å². The lowest BCUT2D eigenvalue weighted by Gasteiger charge is -2.15. The number of benzene rings is 2. The summed E-state index contributed by atoms with van der Waals surface area (Å²) in [5.41, 5.74) is 5.52. The Morgan fingerprint density at radius 2 is 1.58 bits per heavy atom. The van der Waals surface area contributed by atoms with Gasteiger partial charge >= 0.3 is 6.18 Å². The van der Waals surface area contributed by atoms with Crippen molar-refractivity contribution < 1.29 is 17.6 Å². The Hall–Kier alpha value is -1.88. The van der Waals surface area contributed by atoms with Crippen LogP contribution in [0, 0.1) is 5.82 Å². The maximum atomic E-state index is 13.7. The molecular formula is C14H11F4N. The fourth-order valence-corrected chi connectivity index (χ4v) is 1.80. The van der Waals surface area contributed by atoms with E-state index in [-0.39, 0.29) is 5.56 Å². The van der Waals surface area contributed by atoms with Crippen molar-refractivity contribution in [3.05, 3.63) is 71.0 Å². The number of alkyl halides is 3. The van der Waals surface area contributed by atoms with E-state index in [0.717, 1.165) is 12.1 Å². The van der Waals surface area contributed by atoms with Crippen LogP contribution in [0.5, 0.6) is 0 Å². The number of nitrogens with two attached hydrogens (primary N) is 1. The molecule has 100 valence electrons. The molecule has 2 aromatic rings. The Morgan fingerprint density at radius 1 is 0.947 bits per heavy atom. The second kappa shape index (κ2) is 5.01. The van der Waals surface area contributed by atoms with Gasteiger partial charge in [0.15, 0.2) is 0 Å². The molecule has 0 bridgehead atoms. The van der Waals surface area contributed by atoms with Gasteiger partial charge in [0.2, 0.25) is 0 Å². The monoisotopic (exact) mass is 269 g/mol. The molecule has 0 saturated carbocycles. The number of hydrogen-bond acceptors (Lipinski definition) is 1. The summed E-state index contributed by atoms with van der Waals surface area (Å²) in [7, 11) is 0. The Bertz CT molecular complexity index is 563. The molecule has 2 N–H and O–H groups in total. The summed E-state index contributed by atoms with van der Waals surface area (Å²) in [6, 6.07) is 10.2. The van der Waals surface area contributed by atoms with Gasteiger partial charge in [-0.3, -0.25) is 0 Å². The fourth-order valence-electron chi connectivity index (χ4n) is 1.80. The molecule has 5 heteroatoms. The standard InChI is InChI=1S/C14H11F4N/c15-12-8-10(14(16,17)18)6-7-11(12)13(19)9-4-2-1-3-5-9/h1-8,13H,19H2. The molecule has 1 atom stereocenters. The van der Waals surface area contributed by atoms with Crippen LogP contribution in [-0.4, -0.2) is 0 Å². The molecule has 0 aliphatic rings. The van der Waals surface area contributed by atoms with Gasteiger partial charge in [0.05, 0.1) is 11.6 Å². The first-order valence-electron chi connectivity index (χ1n) is 5.57. The molecule has 1 unspecified atom stereocenters. The van der Waals surface area contributed by atoms with E-state index in [1.807, 2.05) is 0 Å². The van der Waals surface area contributed by atoms with Crippen molar-refractivity contribution in [1.82, 2.24) is 0 Å². The van der Waals surface area contributed by atoms with E-state index in [1.165, 1.54) is 0 Å². The molecule has 0 heterocycles. The van der Waals surface area contributed by atoms with Crippen LogP contribution in [0.15, 0.2) is 48.5 Å². The van der Waals surface area contributed by atoms with E-state index in [9.17, 15) is 17.6 Å². The highest BCUT2D eigenvalue weighted by Crippen LogP contribution is 2.32. The fraction of sp³-hybridized carbons (Fsp3) is 0.143. The first-order valence-corrected chi connectivity index (χ1v) is 5.57. The normalized spacial score (nSPS) is 13.3. The van der Waals surface area contributed by atoms with Gasteiger partial charge in [-0.15, -0.1) is 0 Å². The van der Waals surface area contributed by atoms with Crippen LogP contribution >= 0.6 is 0 Å². The van der Waals surface area contributed by atoms with Gasteiger partial charge in [0, 0.05) is 5.56 Å². The molecule has 0 aliphatic heterocycles. The lowest BCUT2D eigenvalue weighted by Crippen LogP contribution is -2.15. The molecule has 0 aromatic heterocycles. The van der Waals surface area contributed by atoms with Crippen LogP contribution in [0.2, 0.25) is 0 Å². The second-order valence-corrected chi connectivity index (χ2v) is 4.12. The van der Waals surface area contributed by atoms with E-state index < -0.39 is 23.6 Å². The summed E-state index contributed by atoms with van der Waals surface area (Å²) in [6.07, 6.45) is -4.56. The highest BCUT2D eigenvalue weighted by atomic mass is 19.4. The van der Waals surface area contributed by atoms with Crippen molar-refractivity contribution in [2.75, 3.05) is 0 Å². The molecule has 2 aromatic carbocycles. The molecule has 0 aliphatic carbocycles. The Morgan fingerprint density at radius 3 is 2.11 bits per heavy atom. The molecule has 0 radical (unpaired) electrons. The number of hydrogen-bond donors (Lipinski definition) is 1. The van der Waals surface area contributed by atoms with Crippen LogP contribution < -0.4 is 5.73 Å². The van der Waals surface area contributed by atoms with Gasteiger partial charge in [-0.1, -0.05) is 36.4 Å². The average molecular weight is 269 g/mol. The maximum Gasteiger partial charge on any atom is 0.416 e. The lowest BCUT2D eigenvalue weighted by atomic mass is 9.98. The van der Waals surface area contributed by atoms with Gasteiger partial charge in [-0.2, -0.15) is 13.2 Å². The molecule has 1 nitrogen and oxygen atoms in total. The van der Waals surface area contributed by atoms with E-state index in [4.69, 9.17) is 5.73 Å². The SMILES string of the molecule is NC(c1ccccc1)c1ccc(C(F)(F)F)cc1F. The van der Waals surface area contributed by atoms with Crippen LogP contribution in [0.25, 0.3) is 0 Å². The minimum Gasteiger partial charge on any atom is -0.320 e. The molecule has 0 fully saturated rings. The summed E-state index contributed by atoms with van der Waals surface area (Å²) in [5.74, 6) is -0.953. The molecule has 0 saturated heterocycles. The van der Waals surface area contributed by atoms with Crippen LogP contribution in [-0.2, 0) is 6.18 Å². The zero-order chi connectivity index (χ0) is 14.0. The highest BCUT2D eigenvalue weighted by Gasteiger charge is 2.31. The topological polar surface area (TPSA) is 26.0 Å².